The average molecular weight is 447 g/mol. The highest BCUT2D eigenvalue weighted by molar-refractivity contribution is 6.08. The van der Waals surface area contributed by atoms with E-state index in [1.165, 1.54) is 6.07 Å². The molecular weight excluding hydrogens is 426 g/mol. The smallest absolute Gasteiger partial charge is 0.439 e. The zero-order valence-corrected chi connectivity index (χ0v) is 18.2. The number of carbonyl (C=O) groups excluding carboxylic acids is 1. The van der Waals surface area contributed by atoms with Crippen LogP contribution in [0.1, 0.15) is 23.0 Å². The van der Waals surface area contributed by atoms with Crippen molar-refractivity contribution in [2.24, 2.45) is 7.05 Å². The first-order valence-corrected chi connectivity index (χ1v) is 10.1. The van der Waals surface area contributed by atoms with E-state index in [2.05, 4.69) is 20.0 Å². The van der Waals surface area contributed by atoms with Gasteiger partial charge in [0.05, 0.1) is 29.4 Å². The molecule has 1 atom stereocenters. The zero-order valence-electron chi connectivity index (χ0n) is 18.2. The predicted molar refractivity (Wildman–Crippen MR) is 120 cm³/mol. The van der Waals surface area contributed by atoms with Crippen LogP contribution in [0, 0.1) is 11.3 Å². The van der Waals surface area contributed by atoms with Gasteiger partial charge in [-0.1, -0.05) is 17.3 Å². The SMILES string of the molecule is COCC(C)Oc1cccc2cc(C(=O)Nc3ccc(C#N)cc3-c3noc(=O)[nH]3)n(C)c12. The van der Waals surface area contributed by atoms with E-state index in [9.17, 15) is 14.9 Å². The number of hydrogen-bond donors (Lipinski definition) is 2. The van der Waals surface area contributed by atoms with Gasteiger partial charge in [0.25, 0.3) is 5.91 Å². The molecule has 1 amide bonds. The minimum Gasteiger partial charge on any atom is -0.486 e. The number of nitrogens with zero attached hydrogens (tertiary/aromatic N) is 3. The van der Waals surface area contributed by atoms with Crippen LogP contribution in [-0.2, 0) is 11.8 Å². The van der Waals surface area contributed by atoms with Gasteiger partial charge in [0.1, 0.15) is 17.5 Å². The third-order valence-electron chi connectivity index (χ3n) is 5.07. The lowest BCUT2D eigenvalue weighted by Gasteiger charge is -2.15. The number of para-hydroxylation sites is 1. The van der Waals surface area contributed by atoms with Crippen LogP contribution in [0.3, 0.4) is 0 Å². The summed E-state index contributed by atoms with van der Waals surface area (Å²) in [5, 5.41) is 16.6. The lowest BCUT2D eigenvalue weighted by Crippen LogP contribution is -2.19. The summed E-state index contributed by atoms with van der Waals surface area (Å²) in [5.41, 5.74) is 2.21. The third-order valence-corrected chi connectivity index (χ3v) is 5.07. The van der Waals surface area contributed by atoms with Crippen molar-refractivity contribution in [2.45, 2.75) is 13.0 Å². The summed E-state index contributed by atoms with van der Waals surface area (Å²) in [4.78, 5) is 27.1. The van der Waals surface area contributed by atoms with Gasteiger partial charge in [-0.25, -0.2) is 4.79 Å². The van der Waals surface area contributed by atoms with E-state index in [4.69, 9.17) is 9.47 Å². The highest BCUT2D eigenvalue weighted by Crippen LogP contribution is 2.31. The van der Waals surface area contributed by atoms with E-state index in [0.29, 0.717) is 34.9 Å². The van der Waals surface area contributed by atoms with Crippen molar-refractivity contribution in [2.75, 3.05) is 19.0 Å². The first-order valence-electron chi connectivity index (χ1n) is 10.1. The molecule has 0 aliphatic heterocycles. The highest BCUT2D eigenvalue weighted by atomic mass is 16.5. The molecule has 0 aliphatic rings. The second kappa shape index (κ2) is 9.02. The summed E-state index contributed by atoms with van der Waals surface area (Å²) in [5.74, 6) is -0.389. The molecule has 0 saturated carbocycles. The van der Waals surface area contributed by atoms with Crippen LogP contribution in [0.15, 0.2) is 51.8 Å². The number of nitriles is 1. The lowest BCUT2D eigenvalue weighted by atomic mass is 10.1. The molecule has 0 spiro atoms. The van der Waals surface area contributed by atoms with Crippen molar-refractivity contribution < 1.29 is 18.8 Å². The van der Waals surface area contributed by atoms with Crippen LogP contribution in [0.2, 0.25) is 0 Å². The number of anilines is 1. The number of fused-ring (bicyclic) bond motifs is 1. The van der Waals surface area contributed by atoms with Crippen LogP contribution >= 0.6 is 0 Å². The van der Waals surface area contributed by atoms with E-state index in [1.807, 2.05) is 31.2 Å². The van der Waals surface area contributed by atoms with Crippen LogP contribution in [-0.4, -0.2) is 40.4 Å². The minimum absolute atomic E-state index is 0.104. The number of aromatic amines is 1. The standard InChI is InChI=1S/C23H21N5O5/c1-13(12-31-3)32-19-6-4-5-15-10-18(28(2)20(15)19)22(29)25-17-8-7-14(11-24)9-16(17)21-26-23(30)33-27-21/h4-10,13H,12H2,1-3H3,(H,25,29)(H,26,27,30). The number of rotatable bonds is 7. The van der Waals surface area contributed by atoms with Gasteiger partial charge in [-0.05, 0) is 37.3 Å². The number of benzene rings is 2. The van der Waals surface area contributed by atoms with E-state index in [0.717, 1.165) is 10.9 Å². The van der Waals surface area contributed by atoms with Crippen LogP contribution < -0.4 is 15.8 Å². The fourth-order valence-corrected chi connectivity index (χ4v) is 3.63. The number of aryl methyl sites for hydroxylation is 1. The van der Waals surface area contributed by atoms with Gasteiger partial charge in [-0.15, -0.1) is 0 Å². The molecule has 0 bridgehead atoms. The van der Waals surface area contributed by atoms with Gasteiger partial charge in [-0.2, -0.15) is 5.26 Å². The van der Waals surface area contributed by atoms with Crippen molar-refractivity contribution in [1.82, 2.24) is 14.7 Å². The number of hydrogen-bond acceptors (Lipinski definition) is 7. The van der Waals surface area contributed by atoms with Gasteiger partial charge >= 0.3 is 5.76 Å². The Hall–Kier alpha value is -4.36. The van der Waals surface area contributed by atoms with Crippen molar-refractivity contribution in [3.8, 4) is 23.2 Å². The molecule has 2 aromatic heterocycles. The Kier molecular flexibility index (Phi) is 5.97. The van der Waals surface area contributed by atoms with Crippen molar-refractivity contribution in [1.29, 1.82) is 5.26 Å². The van der Waals surface area contributed by atoms with Crippen LogP contribution in [0.25, 0.3) is 22.3 Å². The summed E-state index contributed by atoms with van der Waals surface area (Å²) in [6.07, 6.45) is -0.168. The Morgan fingerprint density at radius 3 is 2.85 bits per heavy atom. The van der Waals surface area contributed by atoms with Gasteiger partial charge in [-0.3, -0.25) is 14.3 Å². The Morgan fingerprint density at radius 1 is 1.33 bits per heavy atom. The number of methoxy groups -OCH3 is 1. The molecule has 0 saturated heterocycles. The second-order valence-electron chi connectivity index (χ2n) is 7.44. The Balaban J connectivity index is 1.70. The van der Waals surface area contributed by atoms with Gasteiger partial charge in [0, 0.05) is 25.1 Å². The summed E-state index contributed by atoms with van der Waals surface area (Å²) >= 11 is 0. The molecule has 4 rings (SSSR count). The maximum absolute atomic E-state index is 13.2. The molecule has 10 heteroatoms. The Morgan fingerprint density at radius 2 is 2.15 bits per heavy atom. The molecule has 33 heavy (non-hydrogen) atoms. The molecule has 2 aromatic carbocycles. The average Bonchev–Trinajstić information content (AvgIpc) is 3.38. The fraction of sp³-hybridized carbons (Fsp3) is 0.217. The first kappa shape index (κ1) is 21.9. The minimum atomic E-state index is -0.742. The van der Waals surface area contributed by atoms with E-state index in [-0.39, 0.29) is 17.8 Å². The molecule has 0 fully saturated rings. The quantitative estimate of drug-likeness (QED) is 0.444. The summed E-state index contributed by atoms with van der Waals surface area (Å²) in [6.45, 7) is 2.33. The number of carbonyl (C=O) groups is 1. The Bertz CT molecular complexity index is 1430. The Labute approximate surface area is 188 Å². The van der Waals surface area contributed by atoms with Crippen LogP contribution in [0.4, 0.5) is 5.69 Å². The third kappa shape index (κ3) is 4.35. The number of ether oxygens (including phenoxy) is 2. The largest absolute Gasteiger partial charge is 0.486 e. The number of nitrogens with one attached hydrogen (secondary N) is 2. The molecular formula is C23H21N5O5. The van der Waals surface area contributed by atoms with E-state index >= 15 is 0 Å². The van der Waals surface area contributed by atoms with E-state index < -0.39 is 5.76 Å². The monoisotopic (exact) mass is 447 g/mol. The summed E-state index contributed by atoms with van der Waals surface area (Å²) in [6, 6.07) is 14.0. The zero-order chi connectivity index (χ0) is 23.5. The molecule has 0 radical (unpaired) electrons. The lowest BCUT2D eigenvalue weighted by molar-refractivity contribution is 0.0928. The molecule has 2 heterocycles. The summed E-state index contributed by atoms with van der Waals surface area (Å²) < 4.78 is 17.5. The topological polar surface area (TPSA) is 135 Å². The van der Waals surface area contributed by atoms with E-state index in [1.54, 1.807) is 36.9 Å². The molecule has 2 N–H and O–H groups in total. The van der Waals surface area contributed by atoms with Gasteiger partial charge < -0.3 is 19.4 Å². The van der Waals surface area contributed by atoms with Crippen molar-refractivity contribution >= 4 is 22.5 Å². The van der Waals surface area contributed by atoms with Crippen molar-refractivity contribution in [3.63, 3.8) is 0 Å². The second-order valence-corrected chi connectivity index (χ2v) is 7.44. The molecule has 1 unspecified atom stereocenters. The molecule has 168 valence electrons. The highest BCUT2D eigenvalue weighted by Gasteiger charge is 2.20. The maximum Gasteiger partial charge on any atom is 0.439 e. The number of amides is 1. The fourth-order valence-electron chi connectivity index (χ4n) is 3.63. The number of H-pyrrole nitrogens is 1. The van der Waals surface area contributed by atoms with Crippen molar-refractivity contribution in [3.05, 3.63) is 64.3 Å². The maximum atomic E-state index is 13.2. The van der Waals surface area contributed by atoms with Gasteiger partial charge in [0.2, 0.25) is 0 Å². The number of aromatic nitrogens is 3. The van der Waals surface area contributed by atoms with Gasteiger partial charge in [0.15, 0.2) is 5.82 Å². The molecule has 4 aromatic rings. The summed E-state index contributed by atoms with van der Waals surface area (Å²) in [7, 11) is 3.39. The normalized spacial score (nSPS) is 11.8. The molecule has 0 aliphatic carbocycles. The van der Waals surface area contributed by atoms with Crippen LogP contribution in [0.5, 0.6) is 5.75 Å². The molecule has 10 nitrogen and oxygen atoms in total. The predicted octanol–water partition coefficient (Wildman–Crippen LogP) is 3.06. The first-order chi connectivity index (χ1) is 15.9.